The molecule has 0 aliphatic carbocycles. The van der Waals surface area contributed by atoms with Crippen LogP contribution in [0.2, 0.25) is 0 Å². The summed E-state index contributed by atoms with van der Waals surface area (Å²) in [5.74, 6) is 0.719. The Morgan fingerprint density at radius 1 is 1.44 bits per heavy atom. The molecule has 2 aromatic heterocycles. The van der Waals surface area contributed by atoms with Gasteiger partial charge >= 0.3 is 0 Å². The molecule has 8 nitrogen and oxygen atoms in total. The first kappa shape index (κ1) is 12.6. The Hall–Kier alpha value is -1.90. The molecule has 0 aliphatic rings. The van der Waals surface area contributed by atoms with Crippen molar-refractivity contribution in [2.45, 2.75) is 25.0 Å². The van der Waals surface area contributed by atoms with Crippen LogP contribution in [0.25, 0.3) is 0 Å². The van der Waals surface area contributed by atoms with E-state index >= 15 is 0 Å². The summed E-state index contributed by atoms with van der Waals surface area (Å²) in [7, 11) is 0. The van der Waals surface area contributed by atoms with Crippen molar-refractivity contribution in [3.8, 4) is 0 Å². The van der Waals surface area contributed by atoms with Crippen LogP contribution in [0.5, 0.6) is 0 Å². The summed E-state index contributed by atoms with van der Waals surface area (Å²) in [6.07, 6.45) is 2.79. The van der Waals surface area contributed by atoms with Crippen LogP contribution in [0.3, 0.4) is 0 Å². The molecule has 0 radical (unpaired) electrons. The van der Waals surface area contributed by atoms with Crippen molar-refractivity contribution in [2.24, 2.45) is 0 Å². The number of amides is 1. The molecular weight excluding hydrogens is 256 g/mol. The lowest BCUT2D eigenvalue weighted by atomic mass is 10.2. The van der Waals surface area contributed by atoms with Gasteiger partial charge in [0.2, 0.25) is 11.8 Å². The van der Waals surface area contributed by atoms with Gasteiger partial charge in [-0.25, -0.2) is 4.68 Å². The lowest BCUT2D eigenvalue weighted by Gasteiger charge is -2.02. The summed E-state index contributed by atoms with van der Waals surface area (Å²) in [6.45, 7) is 3.92. The molecule has 0 unspecified atom stereocenters. The van der Waals surface area contributed by atoms with Crippen LogP contribution in [-0.4, -0.2) is 36.7 Å². The standard InChI is InChI=1S/C9H12N6O2S/c1-6(2)8-12-13-9(17-8)18-3-7(16)14-15-4-10-11-5-15/h4-6H,3H2,1-2H3,(H,14,16). The zero-order valence-electron chi connectivity index (χ0n) is 9.90. The Morgan fingerprint density at radius 3 is 2.78 bits per heavy atom. The Kier molecular flexibility index (Phi) is 3.92. The van der Waals surface area contributed by atoms with E-state index in [0.29, 0.717) is 11.1 Å². The van der Waals surface area contributed by atoms with E-state index in [-0.39, 0.29) is 17.6 Å². The number of thioether (sulfide) groups is 1. The van der Waals surface area contributed by atoms with E-state index < -0.39 is 0 Å². The molecule has 9 heteroatoms. The first-order valence-corrected chi connectivity index (χ1v) is 6.24. The SMILES string of the molecule is CC(C)c1nnc(SCC(=O)Nn2cnnc2)o1. The fourth-order valence-corrected chi connectivity index (χ4v) is 1.64. The number of hydrogen-bond acceptors (Lipinski definition) is 7. The maximum atomic E-state index is 11.5. The number of rotatable bonds is 5. The minimum Gasteiger partial charge on any atom is -0.416 e. The Bertz CT molecular complexity index is 509. The van der Waals surface area contributed by atoms with Crippen LogP contribution < -0.4 is 5.43 Å². The van der Waals surface area contributed by atoms with Gasteiger partial charge in [-0.15, -0.1) is 20.4 Å². The van der Waals surface area contributed by atoms with Gasteiger partial charge < -0.3 is 4.42 Å². The molecule has 0 aliphatic heterocycles. The zero-order chi connectivity index (χ0) is 13.0. The number of nitrogens with zero attached hydrogens (tertiary/aromatic N) is 5. The highest BCUT2D eigenvalue weighted by molar-refractivity contribution is 7.99. The van der Waals surface area contributed by atoms with Gasteiger partial charge in [0, 0.05) is 5.92 Å². The molecule has 18 heavy (non-hydrogen) atoms. The Balaban J connectivity index is 1.81. The van der Waals surface area contributed by atoms with Gasteiger partial charge in [0.05, 0.1) is 5.75 Å². The highest BCUT2D eigenvalue weighted by Crippen LogP contribution is 2.19. The lowest BCUT2D eigenvalue weighted by molar-refractivity contribution is -0.114. The molecule has 2 aromatic rings. The molecule has 1 N–H and O–H groups in total. The van der Waals surface area contributed by atoms with Crippen LogP contribution in [0, 0.1) is 0 Å². The molecule has 2 heterocycles. The zero-order valence-corrected chi connectivity index (χ0v) is 10.7. The van der Waals surface area contributed by atoms with E-state index in [1.807, 2.05) is 13.8 Å². The normalized spacial score (nSPS) is 10.8. The molecule has 2 rings (SSSR count). The summed E-state index contributed by atoms with van der Waals surface area (Å²) in [5.41, 5.74) is 2.56. The summed E-state index contributed by atoms with van der Waals surface area (Å²) in [5, 5.41) is 15.2. The van der Waals surface area contributed by atoms with Crippen molar-refractivity contribution >= 4 is 17.7 Å². The first-order valence-electron chi connectivity index (χ1n) is 5.26. The predicted molar refractivity (Wildman–Crippen MR) is 63.5 cm³/mol. The molecule has 0 spiro atoms. The second-order valence-corrected chi connectivity index (χ2v) is 4.68. The summed E-state index contributed by atoms with van der Waals surface area (Å²) in [4.78, 5) is 11.5. The van der Waals surface area contributed by atoms with Crippen LogP contribution in [0.4, 0.5) is 0 Å². The smallest absolute Gasteiger partial charge is 0.277 e. The number of nitrogens with one attached hydrogen (secondary N) is 1. The second kappa shape index (κ2) is 5.63. The average molecular weight is 268 g/mol. The molecule has 0 aromatic carbocycles. The van der Waals surface area contributed by atoms with Crippen molar-refractivity contribution in [2.75, 3.05) is 11.2 Å². The van der Waals surface area contributed by atoms with Gasteiger partial charge in [-0.2, -0.15) is 0 Å². The third-order valence-electron chi connectivity index (χ3n) is 1.92. The number of aromatic nitrogens is 5. The quantitative estimate of drug-likeness (QED) is 0.794. The summed E-state index contributed by atoms with van der Waals surface area (Å²) < 4.78 is 6.73. The monoisotopic (exact) mass is 268 g/mol. The average Bonchev–Trinajstić information content (AvgIpc) is 2.96. The number of hydrogen-bond donors (Lipinski definition) is 1. The van der Waals surface area contributed by atoms with E-state index in [9.17, 15) is 4.79 Å². The molecule has 96 valence electrons. The molecule has 0 bridgehead atoms. The highest BCUT2D eigenvalue weighted by Gasteiger charge is 2.11. The topological polar surface area (TPSA) is 98.7 Å². The van der Waals surface area contributed by atoms with E-state index in [1.54, 1.807) is 0 Å². The van der Waals surface area contributed by atoms with Crippen molar-refractivity contribution in [1.82, 2.24) is 25.1 Å². The number of carbonyl (C=O) groups is 1. The molecule has 1 amide bonds. The van der Waals surface area contributed by atoms with E-state index in [0.717, 1.165) is 0 Å². The Labute approximate surface area is 107 Å². The van der Waals surface area contributed by atoms with Crippen molar-refractivity contribution in [1.29, 1.82) is 0 Å². The maximum absolute atomic E-state index is 11.5. The molecular formula is C9H12N6O2S. The van der Waals surface area contributed by atoms with E-state index in [1.165, 1.54) is 29.1 Å². The van der Waals surface area contributed by atoms with Crippen molar-refractivity contribution in [3.05, 3.63) is 18.5 Å². The minimum atomic E-state index is -0.205. The van der Waals surface area contributed by atoms with E-state index in [4.69, 9.17) is 4.42 Å². The molecule has 0 saturated carbocycles. The first-order chi connectivity index (χ1) is 8.65. The van der Waals surface area contributed by atoms with Gasteiger partial charge in [0.15, 0.2) is 0 Å². The highest BCUT2D eigenvalue weighted by atomic mass is 32.2. The number of carbonyl (C=O) groups excluding carboxylic acids is 1. The third kappa shape index (κ3) is 3.29. The fraction of sp³-hybridized carbons (Fsp3) is 0.444. The maximum Gasteiger partial charge on any atom is 0.277 e. The van der Waals surface area contributed by atoms with Crippen LogP contribution >= 0.6 is 11.8 Å². The molecule has 0 atom stereocenters. The predicted octanol–water partition coefficient (Wildman–Crippen LogP) is 0.647. The van der Waals surface area contributed by atoms with Crippen molar-refractivity contribution in [3.63, 3.8) is 0 Å². The van der Waals surface area contributed by atoms with E-state index in [2.05, 4.69) is 25.8 Å². The fourth-order valence-electron chi connectivity index (χ4n) is 1.07. The van der Waals surface area contributed by atoms with Gasteiger partial charge in [0.1, 0.15) is 12.7 Å². The molecule has 0 saturated heterocycles. The second-order valence-electron chi connectivity index (χ2n) is 3.75. The molecule has 0 fully saturated rings. The van der Waals surface area contributed by atoms with Gasteiger partial charge in [0.25, 0.3) is 5.22 Å². The minimum absolute atomic E-state index is 0.178. The van der Waals surface area contributed by atoms with Crippen LogP contribution in [0.15, 0.2) is 22.3 Å². The largest absolute Gasteiger partial charge is 0.416 e. The lowest BCUT2D eigenvalue weighted by Crippen LogP contribution is -2.23. The van der Waals surface area contributed by atoms with Crippen LogP contribution in [-0.2, 0) is 4.79 Å². The third-order valence-corrected chi connectivity index (χ3v) is 2.73. The van der Waals surface area contributed by atoms with Gasteiger partial charge in [-0.3, -0.25) is 10.2 Å². The Morgan fingerprint density at radius 2 is 2.17 bits per heavy atom. The van der Waals surface area contributed by atoms with Crippen molar-refractivity contribution < 1.29 is 9.21 Å². The van der Waals surface area contributed by atoms with Crippen LogP contribution in [0.1, 0.15) is 25.7 Å². The summed E-state index contributed by atoms with van der Waals surface area (Å²) in [6, 6.07) is 0. The summed E-state index contributed by atoms with van der Waals surface area (Å²) >= 11 is 1.18. The van der Waals surface area contributed by atoms with Gasteiger partial charge in [-0.1, -0.05) is 25.6 Å². The van der Waals surface area contributed by atoms with Gasteiger partial charge in [-0.05, 0) is 0 Å².